The molecule has 1 aromatic heterocycles. The maximum atomic E-state index is 5.66. The second-order valence-electron chi connectivity index (χ2n) is 2.67. The van der Waals surface area contributed by atoms with E-state index >= 15 is 0 Å². The summed E-state index contributed by atoms with van der Waals surface area (Å²) in [5, 5.41) is 0. The van der Waals surface area contributed by atoms with Crippen LogP contribution in [0.3, 0.4) is 0 Å². The second-order valence-corrected chi connectivity index (χ2v) is 3.53. The van der Waals surface area contributed by atoms with Crippen LogP contribution in [0.15, 0.2) is 35.1 Å². The molecule has 0 atom stereocenters. The normalized spacial score (nSPS) is 10.2. The summed E-state index contributed by atoms with van der Waals surface area (Å²) in [4.78, 5) is 7.17. The molecular weight excluding hydrogens is 230 g/mol. The SMILES string of the molecule is Nc1ccc(-c2ncc[nH]2)cc1Br. The molecule has 1 aromatic carbocycles. The van der Waals surface area contributed by atoms with Crippen molar-refractivity contribution in [2.45, 2.75) is 0 Å². The molecule has 2 aromatic rings. The Kier molecular flexibility index (Phi) is 2.06. The average Bonchev–Trinajstić information content (AvgIpc) is 2.62. The summed E-state index contributed by atoms with van der Waals surface area (Å²) in [5.74, 6) is 0.848. The lowest BCUT2D eigenvalue weighted by atomic mass is 10.2. The third-order valence-corrected chi connectivity index (χ3v) is 2.46. The van der Waals surface area contributed by atoms with Crippen LogP contribution >= 0.6 is 15.9 Å². The van der Waals surface area contributed by atoms with Gasteiger partial charge in [-0.15, -0.1) is 0 Å². The maximum Gasteiger partial charge on any atom is 0.137 e. The van der Waals surface area contributed by atoms with Gasteiger partial charge in [0.05, 0.1) is 0 Å². The van der Waals surface area contributed by atoms with Crippen LogP contribution in [0.4, 0.5) is 5.69 Å². The fourth-order valence-corrected chi connectivity index (χ4v) is 1.48. The van der Waals surface area contributed by atoms with Gasteiger partial charge in [-0.25, -0.2) is 4.98 Å². The summed E-state index contributed by atoms with van der Waals surface area (Å²) in [6.45, 7) is 0. The Hall–Kier alpha value is -1.29. The first-order valence-electron chi connectivity index (χ1n) is 3.82. The van der Waals surface area contributed by atoms with Crippen molar-refractivity contribution in [2.24, 2.45) is 0 Å². The molecule has 0 aliphatic heterocycles. The fraction of sp³-hybridized carbons (Fsp3) is 0. The van der Waals surface area contributed by atoms with Gasteiger partial charge < -0.3 is 10.7 Å². The lowest BCUT2D eigenvalue weighted by Gasteiger charge is -2.00. The highest BCUT2D eigenvalue weighted by atomic mass is 79.9. The van der Waals surface area contributed by atoms with Crippen molar-refractivity contribution in [1.29, 1.82) is 0 Å². The number of hydrogen-bond acceptors (Lipinski definition) is 2. The molecular formula is C9H8BrN3. The lowest BCUT2D eigenvalue weighted by Crippen LogP contribution is -1.87. The summed E-state index contributed by atoms with van der Waals surface area (Å²) in [7, 11) is 0. The number of nitrogens with one attached hydrogen (secondary N) is 1. The lowest BCUT2D eigenvalue weighted by molar-refractivity contribution is 1.31. The maximum absolute atomic E-state index is 5.66. The quantitative estimate of drug-likeness (QED) is 0.749. The molecule has 0 aliphatic rings. The molecule has 0 amide bonds. The van der Waals surface area contributed by atoms with Crippen molar-refractivity contribution in [3.63, 3.8) is 0 Å². The summed E-state index contributed by atoms with van der Waals surface area (Å²) in [6.07, 6.45) is 3.51. The molecule has 4 heteroatoms. The third-order valence-electron chi connectivity index (χ3n) is 1.77. The van der Waals surface area contributed by atoms with E-state index in [0.29, 0.717) is 0 Å². The summed E-state index contributed by atoms with van der Waals surface area (Å²) in [5.41, 5.74) is 7.42. The largest absolute Gasteiger partial charge is 0.398 e. The number of nitrogens with zero attached hydrogens (tertiary/aromatic N) is 1. The number of imidazole rings is 1. The summed E-state index contributed by atoms with van der Waals surface area (Å²) >= 11 is 3.36. The number of benzene rings is 1. The molecule has 0 spiro atoms. The van der Waals surface area contributed by atoms with Gasteiger partial charge in [-0.2, -0.15) is 0 Å². The Morgan fingerprint density at radius 3 is 2.85 bits per heavy atom. The van der Waals surface area contributed by atoms with E-state index in [-0.39, 0.29) is 0 Å². The Morgan fingerprint density at radius 1 is 1.38 bits per heavy atom. The van der Waals surface area contributed by atoms with E-state index in [0.717, 1.165) is 21.5 Å². The number of H-pyrrole nitrogens is 1. The summed E-state index contributed by atoms with van der Waals surface area (Å²) in [6, 6.07) is 5.72. The monoisotopic (exact) mass is 237 g/mol. The molecule has 3 N–H and O–H groups in total. The summed E-state index contributed by atoms with van der Waals surface area (Å²) < 4.78 is 0.890. The van der Waals surface area contributed by atoms with E-state index in [9.17, 15) is 0 Å². The number of aromatic amines is 1. The van der Waals surface area contributed by atoms with Crippen LogP contribution in [0.1, 0.15) is 0 Å². The van der Waals surface area contributed by atoms with Crippen LogP contribution in [0, 0.1) is 0 Å². The molecule has 0 radical (unpaired) electrons. The molecule has 0 fully saturated rings. The first kappa shape index (κ1) is 8.31. The molecule has 0 saturated heterocycles. The molecule has 0 aliphatic carbocycles. The van der Waals surface area contributed by atoms with Gasteiger partial charge in [0.2, 0.25) is 0 Å². The molecule has 2 rings (SSSR count). The van der Waals surface area contributed by atoms with Gasteiger partial charge in [0.1, 0.15) is 5.82 Å². The number of nitrogen functional groups attached to an aromatic ring is 1. The van der Waals surface area contributed by atoms with E-state index in [1.807, 2.05) is 18.2 Å². The average molecular weight is 238 g/mol. The number of hydrogen-bond donors (Lipinski definition) is 2. The highest BCUT2D eigenvalue weighted by Crippen LogP contribution is 2.24. The van der Waals surface area contributed by atoms with E-state index in [4.69, 9.17) is 5.73 Å². The number of aromatic nitrogens is 2. The zero-order valence-corrected chi connectivity index (χ0v) is 8.38. The zero-order chi connectivity index (χ0) is 9.26. The molecule has 0 unspecified atom stereocenters. The van der Waals surface area contributed by atoms with Crippen molar-refractivity contribution in [2.75, 3.05) is 5.73 Å². The van der Waals surface area contributed by atoms with Crippen molar-refractivity contribution in [1.82, 2.24) is 9.97 Å². The van der Waals surface area contributed by atoms with Gasteiger partial charge in [0.15, 0.2) is 0 Å². The van der Waals surface area contributed by atoms with Crippen LogP contribution < -0.4 is 5.73 Å². The molecule has 1 heterocycles. The molecule has 66 valence electrons. The second kappa shape index (κ2) is 3.22. The van der Waals surface area contributed by atoms with Gasteiger partial charge in [-0.3, -0.25) is 0 Å². The van der Waals surface area contributed by atoms with Crippen LogP contribution in [0.25, 0.3) is 11.4 Å². The third kappa shape index (κ3) is 1.58. The van der Waals surface area contributed by atoms with Gasteiger partial charge in [0, 0.05) is 28.1 Å². The minimum Gasteiger partial charge on any atom is -0.398 e. The predicted molar refractivity (Wildman–Crippen MR) is 56.1 cm³/mol. The molecule has 0 bridgehead atoms. The van der Waals surface area contributed by atoms with Crippen molar-refractivity contribution >= 4 is 21.6 Å². The van der Waals surface area contributed by atoms with Crippen LogP contribution in [-0.2, 0) is 0 Å². The van der Waals surface area contributed by atoms with Crippen LogP contribution in [0.5, 0.6) is 0 Å². The topological polar surface area (TPSA) is 54.7 Å². The van der Waals surface area contributed by atoms with E-state index in [1.165, 1.54) is 0 Å². The minimum atomic E-state index is 0.732. The molecule has 3 nitrogen and oxygen atoms in total. The molecule has 13 heavy (non-hydrogen) atoms. The van der Waals surface area contributed by atoms with E-state index < -0.39 is 0 Å². The fourth-order valence-electron chi connectivity index (χ4n) is 1.10. The number of halogens is 1. The van der Waals surface area contributed by atoms with Crippen LogP contribution in [-0.4, -0.2) is 9.97 Å². The Morgan fingerprint density at radius 2 is 2.23 bits per heavy atom. The van der Waals surface area contributed by atoms with Crippen molar-refractivity contribution in [3.8, 4) is 11.4 Å². The number of anilines is 1. The van der Waals surface area contributed by atoms with Gasteiger partial charge in [-0.05, 0) is 34.1 Å². The first-order chi connectivity index (χ1) is 6.27. The van der Waals surface area contributed by atoms with E-state index in [1.54, 1.807) is 12.4 Å². The van der Waals surface area contributed by atoms with Crippen molar-refractivity contribution in [3.05, 3.63) is 35.1 Å². The van der Waals surface area contributed by atoms with E-state index in [2.05, 4.69) is 25.9 Å². The van der Waals surface area contributed by atoms with Gasteiger partial charge in [-0.1, -0.05) is 0 Å². The predicted octanol–water partition coefficient (Wildman–Crippen LogP) is 2.42. The zero-order valence-electron chi connectivity index (χ0n) is 6.79. The Labute approximate surface area is 84.1 Å². The highest BCUT2D eigenvalue weighted by Gasteiger charge is 2.01. The minimum absolute atomic E-state index is 0.732. The number of nitrogens with two attached hydrogens (primary N) is 1. The van der Waals surface area contributed by atoms with Gasteiger partial charge >= 0.3 is 0 Å². The Balaban J connectivity index is 2.49. The molecule has 0 saturated carbocycles. The first-order valence-corrected chi connectivity index (χ1v) is 4.61. The highest BCUT2D eigenvalue weighted by molar-refractivity contribution is 9.10. The van der Waals surface area contributed by atoms with Crippen LogP contribution in [0.2, 0.25) is 0 Å². The van der Waals surface area contributed by atoms with Gasteiger partial charge in [0.25, 0.3) is 0 Å². The smallest absolute Gasteiger partial charge is 0.137 e. The Bertz CT molecular complexity index is 409. The number of rotatable bonds is 1. The standard InChI is InChI=1S/C9H8BrN3/c10-7-5-6(1-2-8(7)11)9-12-3-4-13-9/h1-5H,11H2,(H,12,13). The van der Waals surface area contributed by atoms with Crippen molar-refractivity contribution < 1.29 is 0 Å².